The molecule has 0 aliphatic heterocycles. The molecule has 2 aliphatic carbocycles. The van der Waals surface area contributed by atoms with Crippen molar-refractivity contribution in [1.29, 1.82) is 0 Å². The quantitative estimate of drug-likeness (QED) is 0.573. The molecule has 0 bridgehead atoms. The Morgan fingerprint density at radius 3 is 2.55 bits per heavy atom. The zero-order chi connectivity index (χ0) is 15.1. The highest BCUT2D eigenvalue weighted by Crippen LogP contribution is 2.55. The second kappa shape index (κ2) is 5.34. The molecule has 3 nitrogen and oxygen atoms in total. The molecule has 0 aromatic rings. The fourth-order valence-corrected chi connectivity index (χ4v) is 4.30. The van der Waals surface area contributed by atoms with Gasteiger partial charge in [-0.3, -0.25) is 9.59 Å². The molecule has 0 spiro atoms. The maximum atomic E-state index is 12.5. The topological polar surface area (TPSA) is 43.4 Å². The van der Waals surface area contributed by atoms with Crippen LogP contribution in [0.25, 0.3) is 0 Å². The maximum Gasteiger partial charge on any atom is 0.302 e. The third-order valence-corrected chi connectivity index (χ3v) is 5.66. The number of rotatable bonds is 2. The number of ether oxygens (including phenoxy) is 1. The lowest BCUT2D eigenvalue weighted by Crippen LogP contribution is -2.58. The SMILES string of the molecule is C=C(C)[C@H]1CC(=O)[C@H]2CCC[C@H](C)[C@@]2(C)[C@@H]1OC(C)=O. The largest absolute Gasteiger partial charge is 0.461 e. The van der Waals surface area contributed by atoms with Gasteiger partial charge in [-0.25, -0.2) is 0 Å². The highest BCUT2D eigenvalue weighted by molar-refractivity contribution is 5.84. The molecule has 3 heteroatoms. The van der Waals surface area contributed by atoms with Crippen molar-refractivity contribution in [1.82, 2.24) is 0 Å². The molecule has 20 heavy (non-hydrogen) atoms. The minimum Gasteiger partial charge on any atom is -0.461 e. The molecule has 0 N–H and O–H groups in total. The summed E-state index contributed by atoms with van der Waals surface area (Å²) in [7, 11) is 0. The summed E-state index contributed by atoms with van der Waals surface area (Å²) in [5.74, 6) is 0.458. The van der Waals surface area contributed by atoms with Gasteiger partial charge in [-0.05, 0) is 19.3 Å². The van der Waals surface area contributed by atoms with E-state index in [0.29, 0.717) is 18.1 Å². The number of Topliss-reactive ketones (excluding diaryl/α,β-unsaturated/α-hetero) is 1. The van der Waals surface area contributed by atoms with Gasteiger partial charge in [-0.1, -0.05) is 38.8 Å². The normalized spacial score (nSPS) is 40.9. The highest BCUT2D eigenvalue weighted by Gasteiger charge is 2.57. The molecule has 0 saturated heterocycles. The van der Waals surface area contributed by atoms with Crippen molar-refractivity contribution in [2.45, 2.75) is 59.5 Å². The number of hydrogen-bond acceptors (Lipinski definition) is 3. The van der Waals surface area contributed by atoms with Crippen LogP contribution in [-0.2, 0) is 14.3 Å². The molecule has 2 rings (SSSR count). The lowest BCUT2D eigenvalue weighted by molar-refractivity contribution is -0.181. The number of fused-ring (bicyclic) bond motifs is 1. The number of hydrogen-bond donors (Lipinski definition) is 0. The highest BCUT2D eigenvalue weighted by atomic mass is 16.5. The minimum atomic E-state index is -0.256. The van der Waals surface area contributed by atoms with Crippen molar-refractivity contribution in [2.24, 2.45) is 23.2 Å². The van der Waals surface area contributed by atoms with Crippen molar-refractivity contribution in [3.05, 3.63) is 12.2 Å². The summed E-state index contributed by atoms with van der Waals surface area (Å²) in [6, 6.07) is 0. The Kier molecular flexibility index (Phi) is 4.08. The summed E-state index contributed by atoms with van der Waals surface area (Å²) in [5.41, 5.74) is 0.699. The molecular weight excluding hydrogens is 252 g/mol. The van der Waals surface area contributed by atoms with Crippen LogP contribution in [0, 0.1) is 23.2 Å². The van der Waals surface area contributed by atoms with Gasteiger partial charge in [0, 0.05) is 30.6 Å². The van der Waals surface area contributed by atoms with Gasteiger partial charge in [-0.2, -0.15) is 0 Å². The van der Waals surface area contributed by atoms with Crippen LogP contribution in [0.3, 0.4) is 0 Å². The van der Waals surface area contributed by atoms with Gasteiger partial charge in [0.15, 0.2) is 0 Å². The zero-order valence-electron chi connectivity index (χ0n) is 13.1. The van der Waals surface area contributed by atoms with E-state index in [-0.39, 0.29) is 29.3 Å². The monoisotopic (exact) mass is 278 g/mol. The first-order valence-corrected chi connectivity index (χ1v) is 7.63. The minimum absolute atomic E-state index is 0.0335. The molecule has 0 heterocycles. The van der Waals surface area contributed by atoms with Gasteiger partial charge in [0.05, 0.1) is 0 Å². The summed E-state index contributed by atoms with van der Waals surface area (Å²) in [6.07, 6.45) is 3.38. The van der Waals surface area contributed by atoms with Crippen LogP contribution in [-0.4, -0.2) is 17.9 Å². The van der Waals surface area contributed by atoms with Crippen LogP contribution in [0.2, 0.25) is 0 Å². The molecule has 0 aromatic heterocycles. The molecule has 2 aliphatic rings. The average Bonchev–Trinajstić information content (AvgIpc) is 2.34. The fourth-order valence-electron chi connectivity index (χ4n) is 4.30. The number of esters is 1. The van der Waals surface area contributed by atoms with E-state index in [0.717, 1.165) is 24.8 Å². The first-order chi connectivity index (χ1) is 9.28. The Hall–Kier alpha value is -1.12. The Morgan fingerprint density at radius 2 is 2.00 bits per heavy atom. The van der Waals surface area contributed by atoms with Crippen LogP contribution in [0.5, 0.6) is 0 Å². The molecule has 2 saturated carbocycles. The van der Waals surface area contributed by atoms with Gasteiger partial charge in [-0.15, -0.1) is 0 Å². The second-order valence-electron chi connectivity index (χ2n) is 6.90. The molecular formula is C17H26O3. The van der Waals surface area contributed by atoms with Crippen LogP contribution < -0.4 is 0 Å². The average molecular weight is 278 g/mol. The zero-order valence-corrected chi connectivity index (χ0v) is 13.1. The first-order valence-electron chi connectivity index (χ1n) is 7.63. The van der Waals surface area contributed by atoms with E-state index in [9.17, 15) is 9.59 Å². The van der Waals surface area contributed by atoms with E-state index in [1.807, 2.05) is 6.92 Å². The summed E-state index contributed by atoms with van der Waals surface area (Å²) in [5, 5.41) is 0. The van der Waals surface area contributed by atoms with Gasteiger partial charge in [0.25, 0.3) is 0 Å². The lowest BCUT2D eigenvalue weighted by Gasteiger charge is -2.55. The van der Waals surface area contributed by atoms with Crippen LogP contribution in [0.4, 0.5) is 0 Å². The fraction of sp³-hybridized carbons (Fsp3) is 0.765. The summed E-state index contributed by atoms with van der Waals surface area (Å²) < 4.78 is 5.70. The van der Waals surface area contributed by atoms with Crippen molar-refractivity contribution in [3.8, 4) is 0 Å². The summed E-state index contributed by atoms with van der Waals surface area (Å²) >= 11 is 0. The van der Waals surface area contributed by atoms with E-state index in [1.165, 1.54) is 6.92 Å². The van der Waals surface area contributed by atoms with Crippen molar-refractivity contribution in [2.75, 3.05) is 0 Å². The molecule has 5 atom stereocenters. The predicted octanol–water partition coefficient (Wildman–Crippen LogP) is 3.53. The number of ketones is 1. The number of carbonyl (C=O) groups excluding carboxylic acids is 2. The maximum absolute atomic E-state index is 12.5. The predicted molar refractivity (Wildman–Crippen MR) is 78.1 cm³/mol. The van der Waals surface area contributed by atoms with Gasteiger partial charge in [0.1, 0.15) is 11.9 Å². The summed E-state index contributed by atoms with van der Waals surface area (Å²) in [4.78, 5) is 24.1. The van der Waals surface area contributed by atoms with E-state index in [4.69, 9.17) is 4.74 Å². The lowest BCUT2D eigenvalue weighted by atomic mass is 9.51. The van der Waals surface area contributed by atoms with Crippen LogP contribution in [0.1, 0.15) is 53.4 Å². The molecule has 0 radical (unpaired) electrons. The Bertz CT molecular complexity index is 440. The summed E-state index contributed by atoms with van der Waals surface area (Å²) in [6.45, 7) is 11.7. The van der Waals surface area contributed by atoms with E-state index in [2.05, 4.69) is 20.4 Å². The van der Waals surface area contributed by atoms with E-state index in [1.54, 1.807) is 0 Å². The first kappa shape index (κ1) is 15.3. The third-order valence-electron chi connectivity index (χ3n) is 5.66. The Labute approximate surface area is 121 Å². The van der Waals surface area contributed by atoms with Crippen molar-refractivity contribution < 1.29 is 14.3 Å². The van der Waals surface area contributed by atoms with E-state index >= 15 is 0 Å². The second-order valence-corrected chi connectivity index (χ2v) is 6.90. The van der Waals surface area contributed by atoms with E-state index < -0.39 is 0 Å². The van der Waals surface area contributed by atoms with Gasteiger partial charge >= 0.3 is 5.97 Å². The molecule has 0 aromatic carbocycles. The van der Waals surface area contributed by atoms with Crippen molar-refractivity contribution in [3.63, 3.8) is 0 Å². The van der Waals surface area contributed by atoms with Gasteiger partial charge < -0.3 is 4.74 Å². The van der Waals surface area contributed by atoms with Crippen LogP contribution in [0.15, 0.2) is 12.2 Å². The molecule has 0 amide bonds. The standard InChI is InChI=1S/C17H26O3/c1-10(2)13-9-15(19)14-8-6-7-11(3)17(14,5)16(13)20-12(4)18/h11,13-14,16H,1,6-9H2,2-5H3/t11-,13+,14+,16+,17+/m0/s1. The third kappa shape index (κ3) is 2.32. The van der Waals surface area contributed by atoms with Crippen molar-refractivity contribution >= 4 is 11.8 Å². The van der Waals surface area contributed by atoms with Crippen LogP contribution >= 0.6 is 0 Å². The molecule has 112 valence electrons. The molecule has 2 fully saturated rings. The Balaban J connectivity index is 2.45. The Morgan fingerprint density at radius 1 is 1.35 bits per heavy atom. The molecule has 0 unspecified atom stereocenters. The number of carbonyl (C=O) groups is 2. The van der Waals surface area contributed by atoms with Gasteiger partial charge in [0.2, 0.25) is 0 Å². The smallest absolute Gasteiger partial charge is 0.302 e.